The fraction of sp³-hybridized carbons (Fsp3) is 0.933. The highest BCUT2D eigenvalue weighted by Gasteiger charge is 2.11. The van der Waals surface area contributed by atoms with E-state index in [-0.39, 0.29) is 5.78 Å². The summed E-state index contributed by atoms with van der Waals surface area (Å²) in [5.41, 5.74) is 0. The van der Waals surface area contributed by atoms with Crippen LogP contribution >= 0.6 is 0 Å². The van der Waals surface area contributed by atoms with Crippen molar-refractivity contribution in [1.82, 2.24) is 0 Å². The van der Waals surface area contributed by atoms with Crippen LogP contribution in [-0.4, -0.2) is 5.78 Å². The molecular weight excluding hydrogens is 196 g/mol. The van der Waals surface area contributed by atoms with Gasteiger partial charge in [0.1, 0.15) is 5.78 Å². The molecule has 1 saturated carbocycles. The van der Waals surface area contributed by atoms with E-state index in [1.165, 1.54) is 65.2 Å². The van der Waals surface area contributed by atoms with Crippen molar-refractivity contribution in [2.75, 3.05) is 0 Å². The zero-order valence-corrected chi connectivity index (χ0v) is 12.1. The van der Waals surface area contributed by atoms with Crippen LogP contribution in [0.25, 0.3) is 0 Å². The topological polar surface area (TPSA) is 17.1 Å². The Labute approximate surface area is 103 Å². The summed E-state index contributed by atoms with van der Waals surface area (Å²) in [5.74, 6) is 1.27. The highest BCUT2D eigenvalue weighted by molar-refractivity contribution is 5.72. The van der Waals surface area contributed by atoms with E-state index < -0.39 is 0 Å². The normalized spacial score (nSPS) is 15.3. The maximum Gasteiger partial charge on any atom is 0.126 e. The van der Waals surface area contributed by atoms with Gasteiger partial charge >= 0.3 is 0 Å². The Morgan fingerprint density at radius 1 is 1.06 bits per heavy atom. The van der Waals surface area contributed by atoms with Crippen molar-refractivity contribution in [1.29, 1.82) is 0 Å². The number of ketones is 1. The number of carbonyl (C=O) groups excluding carboxylic acids is 1. The lowest BCUT2D eigenvalue weighted by Crippen LogP contribution is -2.05. The second kappa shape index (κ2) is 14.7. The Morgan fingerprint density at radius 3 is 1.88 bits per heavy atom. The minimum absolute atomic E-state index is 0.167. The molecule has 0 aromatic heterocycles. The molecule has 1 rings (SSSR count). The summed E-state index contributed by atoms with van der Waals surface area (Å²) in [5, 5.41) is 0. The van der Waals surface area contributed by atoms with Gasteiger partial charge in [-0.3, -0.25) is 0 Å². The Hall–Kier alpha value is -0.330. The summed E-state index contributed by atoms with van der Waals surface area (Å²) in [4.78, 5) is 9.44. The molecular formula is C15H32O. The summed E-state index contributed by atoms with van der Waals surface area (Å²) in [7, 11) is 0. The maximum absolute atomic E-state index is 9.44. The van der Waals surface area contributed by atoms with E-state index in [0.29, 0.717) is 0 Å². The molecule has 0 N–H and O–H groups in total. The molecule has 98 valence electrons. The third-order valence-corrected chi connectivity index (χ3v) is 2.69. The monoisotopic (exact) mass is 228 g/mol. The van der Waals surface area contributed by atoms with Gasteiger partial charge in [0.05, 0.1) is 0 Å². The van der Waals surface area contributed by atoms with Crippen molar-refractivity contribution in [2.45, 2.75) is 86.0 Å². The quantitative estimate of drug-likeness (QED) is 0.634. The van der Waals surface area contributed by atoms with E-state index in [4.69, 9.17) is 0 Å². The van der Waals surface area contributed by atoms with E-state index in [1.54, 1.807) is 0 Å². The van der Waals surface area contributed by atoms with Crippen molar-refractivity contribution in [3.63, 3.8) is 0 Å². The van der Waals surface area contributed by atoms with Gasteiger partial charge in [-0.2, -0.15) is 0 Å². The smallest absolute Gasteiger partial charge is 0.126 e. The van der Waals surface area contributed by atoms with Crippen LogP contribution in [0.1, 0.15) is 86.0 Å². The van der Waals surface area contributed by atoms with Crippen LogP contribution in [-0.2, 0) is 4.79 Å². The Bertz CT molecular complexity index is 130. The van der Waals surface area contributed by atoms with Gasteiger partial charge in [0.2, 0.25) is 0 Å². The maximum atomic E-state index is 9.44. The molecule has 0 spiro atoms. The van der Waals surface area contributed by atoms with Crippen LogP contribution in [0, 0.1) is 5.92 Å². The highest BCUT2D eigenvalue weighted by Crippen LogP contribution is 2.27. The van der Waals surface area contributed by atoms with Crippen molar-refractivity contribution in [2.24, 2.45) is 5.92 Å². The highest BCUT2D eigenvalue weighted by atomic mass is 16.1. The molecule has 1 heteroatoms. The number of unbranched alkanes of at least 4 members (excludes halogenated alkanes) is 1. The van der Waals surface area contributed by atoms with E-state index >= 15 is 0 Å². The lowest BCUT2D eigenvalue weighted by atomic mass is 9.86. The van der Waals surface area contributed by atoms with E-state index in [2.05, 4.69) is 6.92 Å². The molecule has 0 saturated heterocycles. The average molecular weight is 228 g/mol. The van der Waals surface area contributed by atoms with Crippen LogP contribution in [0.3, 0.4) is 0 Å². The molecule has 0 aromatic carbocycles. The number of hydrogen-bond acceptors (Lipinski definition) is 1. The van der Waals surface area contributed by atoms with Crippen LogP contribution in [0.5, 0.6) is 0 Å². The molecule has 1 aliphatic carbocycles. The zero-order chi connectivity index (χ0) is 12.8. The van der Waals surface area contributed by atoms with Gasteiger partial charge in [0.15, 0.2) is 0 Å². The molecule has 0 amide bonds. The summed E-state index contributed by atoms with van der Waals surface area (Å²) in [6.07, 6.45) is 11.9. The van der Waals surface area contributed by atoms with E-state index in [0.717, 1.165) is 5.92 Å². The lowest BCUT2D eigenvalue weighted by Gasteiger charge is -2.20. The van der Waals surface area contributed by atoms with Crippen LogP contribution in [0.2, 0.25) is 0 Å². The molecule has 1 fully saturated rings. The number of carbonyl (C=O) groups is 1. The van der Waals surface area contributed by atoms with Crippen LogP contribution in [0.4, 0.5) is 0 Å². The van der Waals surface area contributed by atoms with Gasteiger partial charge in [-0.25, -0.2) is 0 Å². The summed E-state index contributed by atoms with van der Waals surface area (Å²) < 4.78 is 0. The van der Waals surface area contributed by atoms with E-state index in [1.807, 2.05) is 13.8 Å². The summed E-state index contributed by atoms with van der Waals surface area (Å²) >= 11 is 0. The molecule has 0 radical (unpaired) electrons. The van der Waals surface area contributed by atoms with Crippen molar-refractivity contribution >= 4 is 5.78 Å². The number of rotatable bonds is 3. The zero-order valence-electron chi connectivity index (χ0n) is 12.1. The van der Waals surface area contributed by atoms with Crippen molar-refractivity contribution in [3.05, 3.63) is 0 Å². The third-order valence-electron chi connectivity index (χ3n) is 2.69. The predicted octanol–water partition coefficient (Wildman–Crippen LogP) is 5.38. The Balaban J connectivity index is 0. The molecule has 0 bridgehead atoms. The Morgan fingerprint density at radius 2 is 1.50 bits per heavy atom. The Kier molecular flexibility index (Phi) is 16.5. The van der Waals surface area contributed by atoms with Crippen molar-refractivity contribution < 1.29 is 4.79 Å². The van der Waals surface area contributed by atoms with E-state index in [9.17, 15) is 4.79 Å². The second-order valence-electron chi connectivity index (χ2n) is 4.55. The second-order valence-corrected chi connectivity index (χ2v) is 4.55. The molecule has 1 aliphatic rings. The van der Waals surface area contributed by atoms with Gasteiger partial charge in [-0.1, -0.05) is 72.1 Å². The van der Waals surface area contributed by atoms with Gasteiger partial charge in [0, 0.05) is 0 Å². The fourth-order valence-electron chi connectivity index (χ4n) is 1.97. The number of hydrogen-bond donors (Lipinski definition) is 0. The average Bonchev–Trinajstić information content (AvgIpc) is 2.30. The molecule has 0 heterocycles. The van der Waals surface area contributed by atoms with Gasteiger partial charge in [-0.15, -0.1) is 0 Å². The van der Waals surface area contributed by atoms with Gasteiger partial charge < -0.3 is 4.79 Å². The molecule has 0 aliphatic heterocycles. The largest absolute Gasteiger partial charge is 0.300 e. The standard InChI is InChI=1S/C10H20.C3H6O.C2H6/c1-2-3-7-10-8-5-4-6-9-10;1-3(2)4;1-2/h10H,2-9H2,1H3;1-2H3;1-2H3. The molecule has 0 atom stereocenters. The van der Waals surface area contributed by atoms with Crippen LogP contribution < -0.4 is 0 Å². The first kappa shape index (κ1) is 18.0. The molecule has 1 nitrogen and oxygen atoms in total. The predicted molar refractivity (Wildman–Crippen MR) is 73.8 cm³/mol. The van der Waals surface area contributed by atoms with Gasteiger partial charge in [-0.05, 0) is 19.8 Å². The lowest BCUT2D eigenvalue weighted by molar-refractivity contribution is -0.114. The number of Topliss-reactive ketones (excluding diaryl/α,β-unsaturated/α-hetero) is 1. The summed E-state index contributed by atoms with van der Waals surface area (Å²) in [6, 6.07) is 0. The SMILES string of the molecule is CC.CC(C)=O.CCCCC1CCCCC1. The first-order valence-electron chi connectivity index (χ1n) is 7.14. The van der Waals surface area contributed by atoms with Crippen molar-refractivity contribution in [3.8, 4) is 0 Å². The third kappa shape index (κ3) is 16.1. The molecule has 16 heavy (non-hydrogen) atoms. The van der Waals surface area contributed by atoms with Crippen LogP contribution in [0.15, 0.2) is 0 Å². The van der Waals surface area contributed by atoms with Gasteiger partial charge in [0.25, 0.3) is 0 Å². The fourth-order valence-corrected chi connectivity index (χ4v) is 1.97. The minimum atomic E-state index is 0.167. The minimum Gasteiger partial charge on any atom is -0.300 e. The molecule has 0 aromatic rings. The summed E-state index contributed by atoms with van der Waals surface area (Å²) in [6.45, 7) is 9.35. The first-order valence-corrected chi connectivity index (χ1v) is 7.14. The first-order chi connectivity index (χ1) is 7.66. The molecule has 0 unspecified atom stereocenters.